The minimum absolute atomic E-state index is 0.486. The Hall–Kier alpha value is -2.20. The van der Waals surface area contributed by atoms with Gasteiger partial charge in [0.1, 0.15) is 6.10 Å². The maximum atomic E-state index is 10.0. The summed E-state index contributed by atoms with van der Waals surface area (Å²) in [6, 6.07) is 14.4. The zero-order valence-electron chi connectivity index (χ0n) is 11.0. The minimum atomic E-state index is -0.486. The van der Waals surface area contributed by atoms with Gasteiger partial charge in [-0.05, 0) is 23.6 Å². The molecule has 1 aromatic heterocycles. The number of aliphatic hydroxyl groups is 1. The van der Waals surface area contributed by atoms with Gasteiger partial charge < -0.3 is 5.11 Å². The van der Waals surface area contributed by atoms with E-state index in [-0.39, 0.29) is 0 Å². The fraction of sp³-hybridized carbons (Fsp3) is 0.250. The van der Waals surface area contributed by atoms with Gasteiger partial charge in [-0.2, -0.15) is 5.10 Å². The number of aliphatic hydroxyl groups excluding tert-OH is 1. The highest BCUT2D eigenvalue weighted by atomic mass is 16.3. The Morgan fingerprint density at radius 1 is 1.10 bits per heavy atom. The molecule has 0 saturated carbocycles. The Labute approximate surface area is 116 Å². The number of aromatic nitrogens is 3. The number of fused-ring (bicyclic) bond motifs is 2. The topological polar surface area (TPSA) is 50.9 Å². The third-order valence-corrected chi connectivity index (χ3v) is 3.88. The van der Waals surface area contributed by atoms with Crippen molar-refractivity contribution in [3.63, 3.8) is 0 Å². The molecule has 3 aromatic rings. The van der Waals surface area contributed by atoms with Crippen molar-refractivity contribution in [2.45, 2.75) is 25.5 Å². The van der Waals surface area contributed by atoms with E-state index in [4.69, 9.17) is 0 Å². The first-order valence-corrected chi connectivity index (χ1v) is 6.94. The van der Waals surface area contributed by atoms with Crippen LogP contribution in [0.5, 0.6) is 0 Å². The van der Waals surface area contributed by atoms with E-state index in [0.29, 0.717) is 11.6 Å². The smallest absolute Gasteiger partial charge is 0.182 e. The molecular weight excluding hydrogens is 250 g/mol. The fourth-order valence-corrected chi connectivity index (χ4v) is 2.86. The molecule has 1 aliphatic rings. The average Bonchev–Trinajstić information content (AvgIpc) is 2.92. The van der Waals surface area contributed by atoms with E-state index >= 15 is 0 Å². The van der Waals surface area contributed by atoms with E-state index in [1.165, 1.54) is 5.39 Å². The maximum absolute atomic E-state index is 10.0. The molecule has 2 heterocycles. The van der Waals surface area contributed by atoms with Gasteiger partial charge in [0.15, 0.2) is 11.6 Å². The van der Waals surface area contributed by atoms with Gasteiger partial charge >= 0.3 is 0 Å². The Morgan fingerprint density at radius 3 is 2.85 bits per heavy atom. The lowest BCUT2D eigenvalue weighted by Crippen LogP contribution is -2.16. The first-order valence-electron chi connectivity index (χ1n) is 6.94. The van der Waals surface area contributed by atoms with Crippen LogP contribution in [0.25, 0.3) is 22.2 Å². The third-order valence-electron chi connectivity index (χ3n) is 3.88. The van der Waals surface area contributed by atoms with E-state index in [0.717, 1.165) is 30.3 Å². The van der Waals surface area contributed by atoms with Crippen molar-refractivity contribution in [1.29, 1.82) is 0 Å². The van der Waals surface area contributed by atoms with Gasteiger partial charge in [0.2, 0.25) is 0 Å². The summed E-state index contributed by atoms with van der Waals surface area (Å²) in [5.41, 5.74) is 1.03. The SMILES string of the molecule is OC1CCCn2nc(-c3cccc4ccccc34)nc21. The monoisotopic (exact) mass is 265 g/mol. The van der Waals surface area contributed by atoms with Crippen molar-refractivity contribution >= 4 is 10.8 Å². The van der Waals surface area contributed by atoms with Crippen LogP contribution in [0.15, 0.2) is 42.5 Å². The van der Waals surface area contributed by atoms with Crippen LogP contribution in [-0.4, -0.2) is 19.9 Å². The molecule has 0 saturated heterocycles. The second-order valence-electron chi connectivity index (χ2n) is 5.20. The van der Waals surface area contributed by atoms with Gasteiger partial charge in [-0.25, -0.2) is 9.67 Å². The molecule has 2 aromatic carbocycles. The van der Waals surface area contributed by atoms with Crippen LogP contribution in [0.3, 0.4) is 0 Å². The summed E-state index contributed by atoms with van der Waals surface area (Å²) in [6.45, 7) is 0.837. The van der Waals surface area contributed by atoms with Crippen LogP contribution < -0.4 is 0 Å². The van der Waals surface area contributed by atoms with E-state index in [1.54, 1.807) is 0 Å². The van der Waals surface area contributed by atoms with Crippen molar-refractivity contribution in [3.8, 4) is 11.4 Å². The first kappa shape index (κ1) is 11.6. The van der Waals surface area contributed by atoms with E-state index < -0.39 is 6.10 Å². The Morgan fingerprint density at radius 2 is 1.95 bits per heavy atom. The van der Waals surface area contributed by atoms with Gasteiger partial charge in [0, 0.05) is 12.1 Å². The lowest BCUT2D eigenvalue weighted by atomic mass is 10.0. The highest BCUT2D eigenvalue weighted by Gasteiger charge is 2.23. The normalized spacial score (nSPS) is 18.1. The van der Waals surface area contributed by atoms with Crippen molar-refractivity contribution in [1.82, 2.24) is 14.8 Å². The van der Waals surface area contributed by atoms with E-state index in [1.807, 2.05) is 28.9 Å². The summed E-state index contributed by atoms with van der Waals surface area (Å²) in [5, 5.41) is 16.9. The molecule has 1 N–H and O–H groups in total. The Bertz CT molecular complexity index is 773. The summed E-state index contributed by atoms with van der Waals surface area (Å²) in [5.74, 6) is 1.40. The predicted octanol–water partition coefficient (Wildman–Crippen LogP) is 2.93. The Balaban J connectivity index is 1.92. The maximum Gasteiger partial charge on any atom is 0.182 e. The van der Waals surface area contributed by atoms with Crippen LogP contribution in [0.4, 0.5) is 0 Å². The largest absolute Gasteiger partial charge is 0.385 e. The standard InChI is InChI=1S/C16H15N3O/c20-14-9-4-10-19-16(14)17-15(18-19)13-8-3-6-11-5-1-2-7-12(11)13/h1-3,5-8,14,20H,4,9-10H2. The molecule has 20 heavy (non-hydrogen) atoms. The number of hydrogen-bond acceptors (Lipinski definition) is 3. The first-order chi connectivity index (χ1) is 9.83. The quantitative estimate of drug-likeness (QED) is 0.736. The molecule has 1 atom stereocenters. The van der Waals surface area contributed by atoms with Crippen molar-refractivity contribution < 1.29 is 5.11 Å². The van der Waals surface area contributed by atoms with Crippen LogP contribution >= 0.6 is 0 Å². The minimum Gasteiger partial charge on any atom is -0.385 e. The Kier molecular flexibility index (Phi) is 2.57. The van der Waals surface area contributed by atoms with Gasteiger partial charge in [0.05, 0.1) is 0 Å². The molecule has 0 spiro atoms. The molecule has 1 aliphatic heterocycles. The highest BCUT2D eigenvalue weighted by molar-refractivity contribution is 5.94. The van der Waals surface area contributed by atoms with Crippen LogP contribution in [0.2, 0.25) is 0 Å². The summed E-state index contributed by atoms with van der Waals surface area (Å²) in [6.07, 6.45) is 1.24. The molecule has 0 aliphatic carbocycles. The van der Waals surface area contributed by atoms with Crippen molar-refractivity contribution in [2.75, 3.05) is 0 Å². The molecule has 0 bridgehead atoms. The van der Waals surface area contributed by atoms with Gasteiger partial charge in [-0.3, -0.25) is 0 Å². The second kappa shape index (κ2) is 4.42. The summed E-state index contributed by atoms with van der Waals surface area (Å²) < 4.78 is 1.84. The number of benzene rings is 2. The van der Waals surface area contributed by atoms with Crippen molar-refractivity contribution in [3.05, 3.63) is 48.3 Å². The molecule has 1 unspecified atom stereocenters. The van der Waals surface area contributed by atoms with Crippen molar-refractivity contribution in [2.24, 2.45) is 0 Å². The number of rotatable bonds is 1. The zero-order valence-corrected chi connectivity index (χ0v) is 11.0. The van der Waals surface area contributed by atoms with Gasteiger partial charge in [0.25, 0.3) is 0 Å². The molecule has 0 fully saturated rings. The van der Waals surface area contributed by atoms with E-state index in [2.05, 4.69) is 28.3 Å². The summed E-state index contributed by atoms with van der Waals surface area (Å²) in [7, 11) is 0. The molecule has 0 radical (unpaired) electrons. The number of nitrogens with zero attached hydrogens (tertiary/aromatic N) is 3. The zero-order chi connectivity index (χ0) is 13.5. The fourth-order valence-electron chi connectivity index (χ4n) is 2.86. The molecule has 4 nitrogen and oxygen atoms in total. The van der Waals surface area contributed by atoms with Crippen LogP contribution in [0.1, 0.15) is 24.8 Å². The summed E-state index contributed by atoms with van der Waals surface area (Å²) >= 11 is 0. The number of hydrogen-bond donors (Lipinski definition) is 1. The van der Waals surface area contributed by atoms with Crippen LogP contribution in [-0.2, 0) is 6.54 Å². The third kappa shape index (κ3) is 1.72. The van der Waals surface area contributed by atoms with Gasteiger partial charge in [-0.15, -0.1) is 0 Å². The number of aryl methyl sites for hydroxylation is 1. The summed E-state index contributed by atoms with van der Waals surface area (Å²) in [4.78, 5) is 4.55. The van der Waals surface area contributed by atoms with E-state index in [9.17, 15) is 5.11 Å². The molecule has 100 valence electrons. The molecule has 0 amide bonds. The molecular formula is C16H15N3O. The lowest BCUT2D eigenvalue weighted by molar-refractivity contribution is 0.130. The average molecular weight is 265 g/mol. The second-order valence-corrected chi connectivity index (χ2v) is 5.20. The van der Waals surface area contributed by atoms with Crippen LogP contribution in [0, 0.1) is 0 Å². The highest BCUT2D eigenvalue weighted by Crippen LogP contribution is 2.29. The predicted molar refractivity (Wildman–Crippen MR) is 77.2 cm³/mol. The molecule has 4 rings (SSSR count). The molecule has 4 heteroatoms. The lowest BCUT2D eigenvalue weighted by Gasteiger charge is -2.16. The van der Waals surface area contributed by atoms with Gasteiger partial charge in [-0.1, -0.05) is 42.5 Å².